The van der Waals surface area contributed by atoms with Crippen LogP contribution in [0.15, 0.2) is 23.1 Å². The molecular weight excluding hydrogens is 332 g/mol. The third-order valence-corrected chi connectivity index (χ3v) is 5.01. The molecule has 7 nitrogen and oxygen atoms in total. The molecule has 1 atom stereocenters. The molecule has 1 aromatic carbocycles. The number of hydrogen-bond donors (Lipinski definition) is 1. The van der Waals surface area contributed by atoms with E-state index < -0.39 is 29.7 Å². The second-order valence-electron chi connectivity index (χ2n) is 5.43. The van der Waals surface area contributed by atoms with Crippen molar-refractivity contribution < 1.29 is 24.0 Å². The number of thioether (sulfide) groups is 1. The molecular formula is C16H14N2O5S. The minimum Gasteiger partial charge on any atom is -0.303 e. The fourth-order valence-electron chi connectivity index (χ4n) is 2.82. The molecule has 2 heterocycles. The van der Waals surface area contributed by atoms with E-state index in [0.717, 1.165) is 11.2 Å². The lowest BCUT2D eigenvalue weighted by molar-refractivity contribution is -0.136. The summed E-state index contributed by atoms with van der Waals surface area (Å²) in [5.41, 5.74) is 0.518. The molecule has 1 fully saturated rings. The largest absolute Gasteiger partial charge is 0.303 e. The number of hydrogen-bond acceptors (Lipinski definition) is 6. The monoisotopic (exact) mass is 346 g/mol. The van der Waals surface area contributed by atoms with Crippen molar-refractivity contribution in [1.82, 2.24) is 10.2 Å². The molecule has 1 N–H and O–H groups in total. The average Bonchev–Trinajstić information content (AvgIpc) is 2.81. The molecule has 3 rings (SSSR count). The second kappa shape index (κ2) is 6.56. The van der Waals surface area contributed by atoms with Gasteiger partial charge in [0.15, 0.2) is 0 Å². The SMILES string of the molecule is O=CCCSc1cccc2c1C(=O)N(C1CCC(=O)NC1=O)C2=O. The van der Waals surface area contributed by atoms with E-state index in [1.165, 1.54) is 11.8 Å². The number of piperidine rings is 1. The first kappa shape index (κ1) is 16.4. The minimum absolute atomic E-state index is 0.0880. The third kappa shape index (κ3) is 2.73. The van der Waals surface area contributed by atoms with Crippen LogP contribution in [0.5, 0.6) is 0 Å². The highest BCUT2D eigenvalue weighted by molar-refractivity contribution is 7.99. The quantitative estimate of drug-likeness (QED) is 0.366. The van der Waals surface area contributed by atoms with Gasteiger partial charge in [0.1, 0.15) is 12.3 Å². The number of amides is 4. The summed E-state index contributed by atoms with van der Waals surface area (Å²) in [5, 5.41) is 2.16. The van der Waals surface area contributed by atoms with Crippen LogP contribution in [0, 0.1) is 0 Å². The van der Waals surface area contributed by atoms with E-state index in [1.54, 1.807) is 18.2 Å². The van der Waals surface area contributed by atoms with Gasteiger partial charge < -0.3 is 4.79 Å². The predicted molar refractivity (Wildman–Crippen MR) is 84.5 cm³/mol. The first-order valence-electron chi connectivity index (χ1n) is 7.45. The summed E-state index contributed by atoms with van der Waals surface area (Å²) in [7, 11) is 0. The summed E-state index contributed by atoms with van der Waals surface area (Å²) in [6.45, 7) is 0. The van der Waals surface area contributed by atoms with Crippen LogP contribution in [0.25, 0.3) is 0 Å². The molecule has 0 bridgehead atoms. The minimum atomic E-state index is -0.970. The summed E-state index contributed by atoms with van der Waals surface area (Å²) in [4.78, 5) is 60.6. The Labute approximate surface area is 141 Å². The summed E-state index contributed by atoms with van der Waals surface area (Å²) in [5.74, 6) is -1.59. The first-order valence-corrected chi connectivity index (χ1v) is 8.44. The van der Waals surface area contributed by atoms with Crippen molar-refractivity contribution in [3.8, 4) is 0 Å². The second-order valence-corrected chi connectivity index (χ2v) is 6.57. The first-order chi connectivity index (χ1) is 11.5. The lowest BCUT2D eigenvalue weighted by Gasteiger charge is -2.27. The van der Waals surface area contributed by atoms with Gasteiger partial charge in [-0.2, -0.15) is 0 Å². The van der Waals surface area contributed by atoms with E-state index in [1.807, 2.05) is 0 Å². The van der Waals surface area contributed by atoms with Crippen LogP contribution in [0.4, 0.5) is 0 Å². The molecule has 1 aromatic rings. The molecule has 2 aliphatic heterocycles. The van der Waals surface area contributed by atoms with Gasteiger partial charge in [0.25, 0.3) is 11.8 Å². The number of aldehydes is 1. The van der Waals surface area contributed by atoms with Gasteiger partial charge in [-0.15, -0.1) is 11.8 Å². The van der Waals surface area contributed by atoms with E-state index in [-0.39, 0.29) is 24.0 Å². The number of nitrogens with one attached hydrogen (secondary N) is 1. The van der Waals surface area contributed by atoms with Gasteiger partial charge >= 0.3 is 0 Å². The van der Waals surface area contributed by atoms with Gasteiger partial charge in [0, 0.05) is 23.5 Å². The maximum Gasteiger partial charge on any atom is 0.263 e. The fourth-order valence-corrected chi connectivity index (χ4v) is 3.77. The van der Waals surface area contributed by atoms with Crippen molar-refractivity contribution >= 4 is 41.7 Å². The summed E-state index contributed by atoms with van der Waals surface area (Å²) in [6.07, 6.45) is 1.35. The Hall–Kier alpha value is -2.48. The van der Waals surface area contributed by atoms with Gasteiger partial charge in [0.05, 0.1) is 11.1 Å². The molecule has 0 spiro atoms. The van der Waals surface area contributed by atoms with Gasteiger partial charge in [-0.3, -0.25) is 29.4 Å². The van der Waals surface area contributed by atoms with E-state index in [4.69, 9.17) is 0 Å². The van der Waals surface area contributed by atoms with Crippen molar-refractivity contribution in [2.24, 2.45) is 0 Å². The maximum absolute atomic E-state index is 12.7. The van der Waals surface area contributed by atoms with Gasteiger partial charge in [-0.25, -0.2) is 0 Å². The van der Waals surface area contributed by atoms with Gasteiger partial charge in [-0.1, -0.05) is 6.07 Å². The molecule has 124 valence electrons. The van der Waals surface area contributed by atoms with Gasteiger partial charge in [0.2, 0.25) is 11.8 Å². The molecule has 0 aliphatic carbocycles. The van der Waals surface area contributed by atoms with E-state index in [2.05, 4.69) is 5.32 Å². The van der Waals surface area contributed by atoms with Crippen LogP contribution in [-0.2, 0) is 14.4 Å². The van der Waals surface area contributed by atoms with E-state index >= 15 is 0 Å². The molecule has 8 heteroatoms. The number of nitrogens with zero attached hydrogens (tertiary/aromatic N) is 1. The normalized spacial score (nSPS) is 20.2. The highest BCUT2D eigenvalue weighted by Gasteiger charge is 2.45. The molecule has 1 unspecified atom stereocenters. The molecule has 0 saturated carbocycles. The zero-order valence-corrected chi connectivity index (χ0v) is 13.4. The molecule has 4 amide bonds. The van der Waals surface area contributed by atoms with E-state index in [9.17, 15) is 24.0 Å². The van der Waals surface area contributed by atoms with Crippen LogP contribution in [-0.4, -0.2) is 46.6 Å². The predicted octanol–water partition coefficient (Wildman–Crippen LogP) is 0.769. The number of rotatable bonds is 5. The van der Waals surface area contributed by atoms with Crippen LogP contribution in [0.1, 0.15) is 40.0 Å². The smallest absolute Gasteiger partial charge is 0.263 e. The lowest BCUT2D eigenvalue weighted by Crippen LogP contribution is -2.54. The number of carbonyl (C=O) groups is 5. The summed E-state index contributed by atoms with van der Waals surface area (Å²) >= 11 is 1.32. The Kier molecular flexibility index (Phi) is 4.48. The number of carbonyl (C=O) groups excluding carboxylic acids is 5. The zero-order chi connectivity index (χ0) is 17.3. The molecule has 0 aromatic heterocycles. The maximum atomic E-state index is 12.7. The van der Waals surface area contributed by atoms with Crippen LogP contribution < -0.4 is 5.32 Å². The van der Waals surface area contributed by atoms with Crippen LogP contribution in [0.2, 0.25) is 0 Å². The van der Waals surface area contributed by atoms with E-state index in [0.29, 0.717) is 17.1 Å². The molecule has 1 saturated heterocycles. The third-order valence-electron chi connectivity index (χ3n) is 3.92. The highest BCUT2D eigenvalue weighted by Crippen LogP contribution is 2.34. The number of benzene rings is 1. The van der Waals surface area contributed by atoms with Crippen molar-refractivity contribution in [2.45, 2.75) is 30.2 Å². The topological polar surface area (TPSA) is 101 Å². The highest BCUT2D eigenvalue weighted by atomic mass is 32.2. The van der Waals surface area contributed by atoms with Crippen molar-refractivity contribution in [1.29, 1.82) is 0 Å². The van der Waals surface area contributed by atoms with Crippen molar-refractivity contribution in [3.63, 3.8) is 0 Å². The average molecular weight is 346 g/mol. The number of imide groups is 2. The Morgan fingerprint density at radius 1 is 1.21 bits per heavy atom. The Morgan fingerprint density at radius 3 is 2.71 bits per heavy atom. The van der Waals surface area contributed by atoms with Crippen molar-refractivity contribution in [3.05, 3.63) is 29.3 Å². The number of fused-ring (bicyclic) bond motifs is 1. The fraction of sp³-hybridized carbons (Fsp3) is 0.312. The zero-order valence-electron chi connectivity index (χ0n) is 12.6. The molecule has 2 aliphatic rings. The Bertz CT molecular complexity index is 761. The lowest BCUT2D eigenvalue weighted by atomic mass is 10.0. The van der Waals surface area contributed by atoms with Crippen LogP contribution in [0.3, 0.4) is 0 Å². The standard InChI is InChI=1S/C16H14N2O5S/c19-7-2-8-24-11-4-1-3-9-13(11)16(23)18(15(9)22)10-5-6-12(20)17-14(10)21/h1,3-4,7,10H,2,5-6,8H2,(H,17,20,21). The molecule has 0 radical (unpaired) electrons. The summed E-state index contributed by atoms with van der Waals surface area (Å²) < 4.78 is 0. The van der Waals surface area contributed by atoms with Gasteiger partial charge in [-0.05, 0) is 18.6 Å². The summed E-state index contributed by atoms with van der Waals surface area (Å²) in [6, 6.07) is 3.96. The Morgan fingerprint density at radius 2 is 2.00 bits per heavy atom. The van der Waals surface area contributed by atoms with Crippen molar-refractivity contribution in [2.75, 3.05) is 5.75 Å². The van der Waals surface area contributed by atoms with Crippen LogP contribution >= 0.6 is 11.8 Å². The molecule has 24 heavy (non-hydrogen) atoms. The Balaban J connectivity index is 1.91.